The molecule has 1 aromatic carbocycles. The van der Waals surface area contributed by atoms with Crippen molar-refractivity contribution in [3.05, 3.63) is 53.9 Å². The van der Waals surface area contributed by atoms with Gasteiger partial charge in [-0.05, 0) is 32.4 Å². The van der Waals surface area contributed by atoms with Crippen LogP contribution in [0, 0.1) is 6.92 Å². The molecule has 0 fully saturated rings. The molecular formula is C15H17NO. The van der Waals surface area contributed by atoms with Gasteiger partial charge in [0.25, 0.3) is 0 Å². The fourth-order valence-corrected chi connectivity index (χ4v) is 1.68. The summed E-state index contributed by atoms with van der Waals surface area (Å²) in [6.07, 6.45) is 3.53. The molecule has 0 amide bonds. The Morgan fingerprint density at radius 3 is 2.24 bits per heavy atom. The summed E-state index contributed by atoms with van der Waals surface area (Å²) in [5.74, 6) is 0. The molecule has 17 heavy (non-hydrogen) atoms. The van der Waals surface area contributed by atoms with Crippen LogP contribution in [-0.2, 0) is 5.60 Å². The highest BCUT2D eigenvalue weighted by Crippen LogP contribution is 2.25. The van der Waals surface area contributed by atoms with Crippen molar-refractivity contribution in [1.29, 1.82) is 0 Å². The van der Waals surface area contributed by atoms with Gasteiger partial charge in [-0.15, -0.1) is 0 Å². The van der Waals surface area contributed by atoms with Crippen molar-refractivity contribution in [2.75, 3.05) is 0 Å². The molecule has 2 rings (SSSR count). The summed E-state index contributed by atoms with van der Waals surface area (Å²) in [6.45, 7) is 5.60. The van der Waals surface area contributed by atoms with Gasteiger partial charge in [-0.2, -0.15) is 0 Å². The standard InChI is InChI=1S/C15H17NO/c1-11-4-6-12(7-5-11)13-8-14(10-16-9-13)15(2,3)17/h4-10,17H,1-3H3. The van der Waals surface area contributed by atoms with Gasteiger partial charge in [0.1, 0.15) is 0 Å². The summed E-state index contributed by atoms with van der Waals surface area (Å²) < 4.78 is 0. The molecule has 1 heterocycles. The molecule has 88 valence electrons. The predicted molar refractivity (Wildman–Crippen MR) is 69.7 cm³/mol. The Morgan fingerprint density at radius 1 is 1.00 bits per heavy atom. The summed E-state index contributed by atoms with van der Waals surface area (Å²) >= 11 is 0. The summed E-state index contributed by atoms with van der Waals surface area (Å²) in [4.78, 5) is 4.19. The zero-order valence-corrected chi connectivity index (χ0v) is 10.4. The number of hydrogen-bond acceptors (Lipinski definition) is 2. The molecule has 0 saturated heterocycles. The second-order valence-electron chi connectivity index (χ2n) is 4.89. The topological polar surface area (TPSA) is 33.1 Å². The lowest BCUT2D eigenvalue weighted by molar-refractivity contribution is 0.0783. The fourth-order valence-electron chi connectivity index (χ4n) is 1.68. The van der Waals surface area contributed by atoms with Crippen LogP contribution in [0.2, 0.25) is 0 Å². The largest absolute Gasteiger partial charge is 0.386 e. The highest BCUT2D eigenvalue weighted by atomic mass is 16.3. The van der Waals surface area contributed by atoms with Crippen LogP contribution in [0.15, 0.2) is 42.7 Å². The maximum atomic E-state index is 9.96. The van der Waals surface area contributed by atoms with Crippen LogP contribution in [0.5, 0.6) is 0 Å². The summed E-state index contributed by atoms with van der Waals surface area (Å²) in [5, 5.41) is 9.96. The Balaban J connectivity index is 2.43. The van der Waals surface area contributed by atoms with Crippen LogP contribution in [0.1, 0.15) is 25.0 Å². The van der Waals surface area contributed by atoms with E-state index in [2.05, 4.69) is 36.2 Å². The molecule has 0 spiro atoms. The van der Waals surface area contributed by atoms with E-state index in [1.165, 1.54) is 5.56 Å². The number of aryl methyl sites for hydroxylation is 1. The van der Waals surface area contributed by atoms with Gasteiger partial charge in [-0.1, -0.05) is 29.8 Å². The Bertz CT molecular complexity index is 509. The lowest BCUT2D eigenvalue weighted by Crippen LogP contribution is -2.15. The van der Waals surface area contributed by atoms with Crippen LogP contribution in [0.3, 0.4) is 0 Å². The molecular weight excluding hydrogens is 210 g/mol. The van der Waals surface area contributed by atoms with E-state index in [4.69, 9.17) is 0 Å². The molecule has 0 radical (unpaired) electrons. The van der Waals surface area contributed by atoms with E-state index in [0.29, 0.717) is 0 Å². The van der Waals surface area contributed by atoms with Crippen LogP contribution < -0.4 is 0 Å². The van der Waals surface area contributed by atoms with E-state index < -0.39 is 5.60 Å². The second kappa shape index (κ2) is 4.30. The van der Waals surface area contributed by atoms with Crippen molar-refractivity contribution in [1.82, 2.24) is 4.98 Å². The Morgan fingerprint density at radius 2 is 1.65 bits per heavy atom. The van der Waals surface area contributed by atoms with E-state index in [-0.39, 0.29) is 0 Å². The second-order valence-corrected chi connectivity index (χ2v) is 4.89. The molecule has 0 aliphatic heterocycles. The van der Waals surface area contributed by atoms with Crippen molar-refractivity contribution in [2.45, 2.75) is 26.4 Å². The molecule has 1 N–H and O–H groups in total. The number of pyridine rings is 1. The first-order valence-corrected chi connectivity index (χ1v) is 5.72. The van der Waals surface area contributed by atoms with Gasteiger partial charge in [0, 0.05) is 23.5 Å². The first-order chi connectivity index (χ1) is 7.97. The van der Waals surface area contributed by atoms with Gasteiger partial charge in [0.15, 0.2) is 0 Å². The molecule has 0 aliphatic carbocycles. The SMILES string of the molecule is Cc1ccc(-c2cncc(C(C)(C)O)c2)cc1. The molecule has 2 aromatic rings. The molecule has 0 atom stereocenters. The minimum atomic E-state index is -0.853. The van der Waals surface area contributed by atoms with Crippen LogP contribution in [0.4, 0.5) is 0 Å². The molecule has 0 aliphatic rings. The van der Waals surface area contributed by atoms with Gasteiger partial charge < -0.3 is 5.11 Å². The monoisotopic (exact) mass is 227 g/mol. The number of aliphatic hydroxyl groups is 1. The van der Waals surface area contributed by atoms with Gasteiger partial charge in [0.2, 0.25) is 0 Å². The number of nitrogens with zero attached hydrogens (tertiary/aromatic N) is 1. The number of benzene rings is 1. The highest BCUT2D eigenvalue weighted by Gasteiger charge is 2.16. The average Bonchev–Trinajstić information content (AvgIpc) is 2.29. The average molecular weight is 227 g/mol. The first-order valence-electron chi connectivity index (χ1n) is 5.72. The Hall–Kier alpha value is -1.67. The fraction of sp³-hybridized carbons (Fsp3) is 0.267. The third-order valence-corrected chi connectivity index (χ3v) is 2.83. The van der Waals surface area contributed by atoms with Gasteiger partial charge in [0.05, 0.1) is 5.60 Å². The molecule has 2 heteroatoms. The van der Waals surface area contributed by atoms with Crippen molar-refractivity contribution >= 4 is 0 Å². The van der Waals surface area contributed by atoms with Crippen molar-refractivity contribution in [3.63, 3.8) is 0 Å². The van der Waals surface area contributed by atoms with E-state index in [1.54, 1.807) is 20.0 Å². The minimum Gasteiger partial charge on any atom is -0.386 e. The molecule has 0 bridgehead atoms. The lowest BCUT2D eigenvalue weighted by Gasteiger charge is -2.17. The first kappa shape index (κ1) is 11.8. The van der Waals surface area contributed by atoms with Crippen LogP contribution >= 0.6 is 0 Å². The summed E-state index contributed by atoms with van der Waals surface area (Å²) in [6, 6.07) is 10.3. The smallest absolute Gasteiger partial charge is 0.0855 e. The molecule has 1 aromatic heterocycles. The predicted octanol–water partition coefficient (Wildman–Crippen LogP) is 3.28. The van der Waals surface area contributed by atoms with E-state index in [9.17, 15) is 5.11 Å². The van der Waals surface area contributed by atoms with Crippen molar-refractivity contribution < 1.29 is 5.11 Å². The lowest BCUT2D eigenvalue weighted by atomic mass is 9.97. The normalized spacial score (nSPS) is 11.5. The third-order valence-electron chi connectivity index (χ3n) is 2.83. The van der Waals surface area contributed by atoms with Crippen molar-refractivity contribution in [3.8, 4) is 11.1 Å². The summed E-state index contributed by atoms with van der Waals surface area (Å²) in [7, 11) is 0. The van der Waals surface area contributed by atoms with E-state index in [1.807, 2.05) is 12.3 Å². The molecule has 2 nitrogen and oxygen atoms in total. The van der Waals surface area contributed by atoms with Gasteiger partial charge in [-0.25, -0.2) is 0 Å². The Kier molecular flexibility index (Phi) is 2.99. The highest BCUT2D eigenvalue weighted by molar-refractivity contribution is 5.63. The Labute approximate surface area is 102 Å². The number of aromatic nitrogens is 1. The summed E-state index contributed by atoms with van der Waals surface area (Å²) in [5.41, 5.74) is 3.36. The minimum absolute atomic E-state index is 0.829. The molecule has 0 saturated carbocycles. The maximum Gasteiger partial charge on any atom is 0.0855 e. The number of rotatable bonds is 2. The third kappa shape index (κ3) is 2.71. The van der Waals surface area contributed by atoms with Crippen LogP contribution in [0.25, 0.3) is 11.1 Å². The van der Waals surface area contributed by atoms with Gasteiger partial charge in [-0.3, -0.25) is 4.98 Å². The zero-order valence-electron chi connectivity index (χ0n) is 10.4. The number of hydrogen-bond donors (Lipinski definition) is 1. The maximum absolute atomic E-state index is 9.96. The van der Waals surface area contributed by atoms with E-state index in [0.717, 1.165) is 16.7 Å². The molecule has 0 unspecified atom stereocenters. The zero-order chi connectivity index (χ0) is 12.5. The quantitative estimate of drug-likeness (QED) is 0.854. The van der Waals surface area contributed by atoms with Crippen molar-refractivity contribution in [2.24, 2.45) is 0 Å². The van der Waals surface area contributed by atoms with Gasteiger partial charge >= 0.3 is 0 Å². The van der Waals surface area contributed by atoms with Crippen LogP contribution in [-0.4, -0.2) is 10.1 Å². The van der Waals surface area contributed by atoms with E-state index >= 15 is 0 Å².